The fourth-order valence-electron chi connectivity index (χ4n) is 3.90. The molecule has 4 aromatic rings. The number of anilines is 2. The molecular formula is C34H32CoN8O10S2-4. The number of hydrogen-bond acceptors (Lipinski definition) is 14. The van der Waals surface area contributed by atoms with Crippen LogP contribution in [0.3, 0.4) is 0 Å². The Labute approximate surface area is 326 Å². The summed E-state index contributed by atoms with van der Waals surface area (Å²) < 4.78 is 51.5. The van der Waals surface area contributed by atoms with E-state index in [4.69, 9.17) is 0 Å². The van der Waals surface area contributed by atoms with Gasteiger partial charge in [-0.2, -0.15) is 10.2 Å². The molecule has 18 nitrogen and oxygen atoms in total. The molecule has 55 heavy (non-hydrogen) atoms. The third-order valence-corrected chi connectivity index (χ3v) is 9.52. The van der Waals surface area contributed by atoms with Crippen molar-refractivity contribution in [2.24, 2.45) is 20.5 Å². The summed E-state index contributed by atoms with van der Waals surface area (Å²) in [6.45, 7) is 2.25. The van der Waals surface area contributed by atoms with Crippen LogP contribution >= 0.6 is 0 Å². The maximum atomic E-state index is 12.2. The second-order valence-electron chi connectivity index (χ2n) is 10.5. The first-order valence-electron chi connectivity index (χ1n) is 15.3. The summed E-state index contributed by atoms with van der Waals surface area (Å²) in [5, 5.41) is 66.5. The molecule has 0 atom stereocenters. The van der Waals surface area contributed by atoms with Crippen molar-refractivity contribution >= 4 is 54.6 Å². The molecule has 0 bridgehead atoms. The van der Waals surface area contributed by atoms with Crippen LogP contribution < -0.4 is 40.5 Å². The molecule has 0 heterocycles. The second-order valence-corrected chi connectivity index (χ2v) is 14.3. The number of para-hydroxylation sites is 2. The molecule has 0 aliphatic heterocycles. The molecule has 0 aliphatic rings. The molecule has 0 aromatic heterocycles. The van der Waals surface area contributed by atoms with Crippen LogP contribution in [0.4, 0.5) is 22.7 Å². The van der Waals surface area contributed by atoms with Crippen LogP contribution in [0.5, 0.6) is 11.5 Å². The molecule has 293 valence electrons. The molecule has 0 saturated carbocycles. The van der Waals surface area contributed by atoms with Crippen molar-refractivity contribution in [3.63, 3.8) is 0 Å². The zero-order valence-electron chi connectivity index (χ0n) is 29.3. The van der Waals surface area contributed by atoms with Crippen molar-refractivity contribution in [1.82, 2.24) is 9.44 Å². The number of carbonyl (C=O) groups excluding carboxylic acids is 2. The van der Waals surface area contributed by atoms with Gasteiger partial charge in [0.1, 0.15) is 11.4 Å². The van der Waals surface area contributed by atoms with Gasteiger partial charge in [-0.3, -0.25) is 9.59 Å². The first-order chi connectivity index (χ1) is 25.5. The van der Waals surface area contributed by atoms with Crippen LogP contribution in [0.15, 0.2) is 150 Å². The predicted octanol–water partition coefficient (Wildman–Crippen LogP) is 1.96. The van der Waals surface area contributed by atoms with Gasteiger partial charge in [0.05, 0.1) is 21.2 Å². The van der Waals surface area contributed by atoms with E-state index in [1.807, 2.05) is 0 Å². The van der Waals surface area contributed by atoms with E-state index in [9.17, 15) is 46.9 Å². The molecule has 4 aromatic carbocycles. The van der Waals surface area contributed by atoms with Crippen molar-refractivity contribution in [2.75, 3.05) is 24.7 Å². The van der Waals surface area contributed by atoms with E-state index in [0.29, 0.717) is 11.4 Å². The first-order valence-corrected chi connectivity index (χ1v) is 18.3. The van der Waals surface area contributed by atoms with Gasteiger partial charge in [-0.05, 0) is 62.6 Å². The van der Waals surface area contributed by atoms with Crippen molar-refractivity contribution in [3.8, 4) is 11.5 Å². The fraction of sp³-hybridized carbons (Fsp3) is 0.118. The van der Waals surface area contributed by atoms with Crippen LogP contribution in [0.25, 0.3) is 0 Å². The Morgan fingerprint density at radius 2 is 0.891 bits per heavy atom. The SMILES string of the molecule is CNS(=O)(=O)c1ccc([O-])c(N=NC(C(=O)Nc2ccccc2)=C(C)[O-])c1.CNS(=O)(=O)c1ccc([O-])c(N=NC(C(=O)Nc2ccccc2)=C(C)[O-])c1.[Co]. The third kappa shape index (κ3) is 13.1. The second kappa shape index (κ2) is 20.5. The molecule has 0 fully saturated rings. The maximum Gasteiger partial charge on any atom is 0.275 e. The molecule has 0 aliphatic carbocycles. The number of benzene rings is 4. The molecule has 21 heteroatoms. The molecule has 4 rings (SSSR count). The summed E-state index contributed by atoms with van der Waals surface area (Å²) in [5.74, 6) is -4.16. The normalized spacial score (nSPS) is 12.4. The van der Waals surface area contributed by atoms with E-state index in [0.717, 1.165) is 50.2 Å². The third-order valence-electron chi connectivity index (χ3n) is 6.69. The van der Waals surface area contributed by atoms with Gasteiger partial charge < -0.3 is 31.1 Å². The molecule has 4 N–H and O–H groups in total. The Balaban J connectivity index is 0.000000373. The van der Waals surface area contributed by atoms with E-state index in [2.05, 4.69) is 40.5 Å². The van der Waals surface area contributed by atoms with Gasteiger partial charge in [0.2, 0.25) is 20.0 Å². The van der Waals surface area contributed by atoms with E-state index in [1.54, 1.807) is 60.7 Å². The Hall–Kier alpha value is -5.97. The van der Waals surface area contributed by atoms with E-state index in [-0.39, 0.29) is 37.9 Å². The Morgan fingerprint density at radius 3 is 1.18 bits per heavy atom. The Kier molecular flexibility index (Phi) is 16.8. The number of allylic oxidation sites excluding steroid dienone is 2. The number of nitrogens with zero attached hydrogens (tertiary/aromatic N) is 4. The quantitative estimate of drug-likeness (QED) is 0.0914. The van der Waals surface area contributed by atoms with Crippen molar-refractivity contribution in [2.45, 2.75) is 23.6 Å². The van der Waals surface area contributed by atoms with Gasteiger partial charge in [-0.15, -0.1) is 21.7 Å². The van der Waals surface area contributed by atoms with Crippen LogP contribution in [0.1, 0.15) is 13.8 Å². The van der Waals surface area contributed by atoms with Gasteiger partial charge in [0.15, 0.2) is 0 Å². The topological polar surface area (TPSA) is 292 Å². The van der Waals surface area contributed by atoms with Gasteiger partial charge >= 0.3 is 0 Å². The summed E-state index contributed by atoms with van der Waals surface area (Å²) >= 11 is 0. The maximum absolute atomic E-state index is 12.2. The van der Waals surface area contributed by atoms with Gasteiger partial charge in [-0.25, -0.2) is 26.3 Å². The fourth-order valence-corrected chi connectivity index (χ4v) is 5.40. The molecule has 0 spiro atoms. The van der Waals surface area contributed by atoms with Gasteiger partial charge in [-0.1, -0.05) is 73.9 Å². The summed E-state index contributed by atoms with van der Waals surface area (Å²) in [5.41, 5.74) is -0.804. The molecule has 2 amide bonds. The predicted molar refractivity (Wildman–Crippen MR) is 189 cm³/mol. The summed E-state index contributed by atoms with van der Waals surface area (Å²) in [6.07, 6.45) is 0. The summed E-state index contributed by atoms with van der Waals surface area (Å²) in [7, 11) is -5.15. The van der Waals surface area contributed by atoms with Crippen molar-refractivity contribution < 1.29 is 63.6 Å². The van der Waals surface area contributed by atoms with Gasteiger partial charge in [0.25, 0.3) is 11.8 Å². The number of nitrogens with one attached hydrogen (secondary N) is 4. The van der Waals surface area contributed by atoms with Crippen LogP contribution in [-0.4, -0.2) is 42.7 Å². The minimum atomic E-state index is -3.79. The van der Waals surface area contributed by atoms with Crippen molar-refractivity contribution in [1.29, 1.82) is 0 Å². The summed E-state index contributed by atoms with van der Waals surface area (Å²) in [6, 6.07) is 23.0. The average molecular weight is 836 g/mol. The standard InChI is InChI=1S/2C17H18N4O5S.Co/c2*1-11(22)16(17(24)19-12-6-4-3-5-7-12)21-20-14-10-13(8-9-15(14)23)27(25,26)18-2;/h2*3-10,18,22-23H,1-2H3,(H,19,24);/p-4. The van der Waals surface area contributed by atoms with Crippen LogP contribution in [-0.2, 0) is 46.4 Å². The van der Waals surface area contributed by atoms with Crippen LogP contribution in [0, 0.1) is 0 Å². The summed E-state index contributed by atoms with van der Waals surface area (Å²) in [4.78, 5) is 24.1. The first kappa shape index (κ1) is 45.2. The van der Waals surface area contributed by atoms with Crippen LogP contribution in [0.2, 0.25) is 0 Å². The zero-order valence-corrected chi connectivity index (χ0v) is 31.9. The minimum absolute atomic E-state index is 0. The van der Waals surface area contributed by atoms with Gasteiger partial charge in [0, 0.05) is 28.2 Å². The van der Waals surface area contributed by atoms with E-state index in [1.165, 1.54) is 14.1 Å². The van der Waals surface area contributed by atoms with E-state index >= 15 is 0 Å². The molecule has 0 unspecified atom stereocenters. The number of hydrogen-bond donors (Lipinski definition) is 4. The largest absolute Gasteiger partial charge is 0.874 e. The van der Waals surface area contributed by atoms with Crippen molar-refractivity contribution in [3.05, 3.63) is 120 Å². The zero-order chi connectivity index (χ0) is 40.1. The van der Waals surface area contributed by atoms with E-state index < -0.39 is 66.3 Å². The Bertz CT molecular complexity index is 2170. The number of sulfonamides is 2. The molecule has 0 saturated heterocycles. The average Bonchev–Trinajstić information content (AvgIpc) is 3.13. The number of azo groups is 2. The monoisotopic (exact) mass is 835 g/mol. The number of carbonyl (C=O) groups is 2. The Morgan fingerprint density at radius 1 is 0.564 bits per heavy atom. The molecular weight excluding hydrogens is 803 g/mol. The minimum Gasteiger partial charge on any atom is -0.874 e. The number of amides is 2. The smallest absolute Gasteiger partial charge is 0.275 e. The molecule has 1 radical (unpaired) electrons. The number of rotatable bonds is 12.